The van der Waals surface area contributed by atoms with Crippen LogP contribution in [0.15, 0.2) is 12.7 Å². The molecule has 16 heavy (non-hydrogen) atoms. The second kappa shape index (κ2) is 5.94. The first-order chi connectivity index (χ1) is 7.65. The standard InChI is InChI=1S/C11H17NO3S/c1-4-6-16-11-8(5-2)10(14)12(11)7-9(13)15-3/h4,8,11H,1,5-7H2,2-3H3. The topological polar surface area (TPSA) is 46.6 Å². The summed E-state index contributed by atoms with van der Waals surface area (Å²) in [6.45, 7) is 5.69. The van der Waals surface area contributed by atoms with Gasteiger partial charge in [-0.05, 0) is 6.42 Å². The predicted octanol–water partition coefficient (Wildman–Crippen LogP) is 1.27. The van der Waals surface area contributed by atoms with E-state index in [0.29, 0.717) is 0 Å². The highest BCUT2D eigenvalue weighted by atomic mass is 32.2. The Hall–Kier alpha value is -0.970. The van der Waals surface area contributed by atoms with Crippen LogP contribution < -0.4 is 0 Å². The maximum Gasteiger partial charge on any atom is 0.325 e. The molecular weight excluding hydrogens is 226 g/mol. The Bertz CT molecular complexity index is 293. The molecule has 4 nitrogen and oxygen atoms in total. The molecule has 1 rings (SSSR count). The number of hydrogen-bond acceptors (Lipinski definition) is 4. The molecule has 1 heterocycles. The molecule has 0 N–H and O–H groups in total. The Morgan fingerprint density at radius 2 is 2.38 bits per heavy atom. The molecular formula is C11H17NO3S. The summed E-state index contributed by atoms with van der Waals surface area (Å²) in [4.78, 5) is 24.4. The predicted molar refractivity (Wildman–Crippen MR) is 64.0 cm³/mol. The van der Waals surface area contributed by atoms with Crippen molar-refractivity contribution in [1.29, 1.82) is 0 Å². The van der Waals surface area contributed by atoms with Crippen LogP contribution in [-0.4, -0.2) is 41.6 Å². The van der Waals surface area contributed by atoms with E-state index in [-0.39, 0.29) is 29.7 Å². The maximum absolute atomic E-state index is 11.7. The molecule has 0 spiro atoms. The lowest BCUT2D eigenvalue weighted by Crippen LogP contribution is -2.60. The summed E-state index contributed by atoms with van der Waals surface area (Å²) in [6, 6.07) is 0. The Kier molecular flexibility index (Phi) is 4.86. The molecule has 2 atom stereocenters. The van der Waals surface area contributed by atoms with Crippen LogP contribution in [0.3, 0.4) is 0 Å². The number of amides is 1. The van der Waals surface area contributed by atoms with Crippen LogP contribution in [0.5, 0.6) is 0 Å². The minimum absolute atomic E-state index is 0.0367. The third-order valence-electron chi connectivity index (χ3n) is 2.60. The van der Waals surface area contributed by atoms with E-state index in [0.717, 1.165) is 12.2 Å². The first-order valence-electron chi connectivity index (χ1n) is 5.25. The molecule has 2 unspecified atom stereocenters. The third-order valence-corrected chi connectivity index (χ3v) is 3.96. The van der Waals surface area contributed by atoms with Gasteiger partial charge in [0, 0.05) is 5.75 Å². The van der Waals surface area contributed by atoms with Gasteiger partial charge in [0.2, 0.25) is 5.91 Å². The zero-order valence-corrected chi connectivity index (χ0v) is 10.5. The first kappa shape index (κ1) is 13.1. The van der Waals surface area contributed by atoms with Gasteiger partial charge in [-0.25, -0.2) is 0 Å². The number of esters is 1. The molecule has 0 aromatic heterocycles. The van der Waals surface area contributed by atoms with Crippen LogP contribution in [0, 0.1) is 5.92 Å². The van der Waals surface area contributed by atoms with E-state index < -0.39 is 0 Å². The minimum atomic E-state index is -0.368. The fourth-order valence-corrected chi connectivity index (χ4v) is 2.95. The number of methoxy groups -OCH3 is 1. The van der Waals surface area contributed by atoms with Gasteiger partial charge in [-0.2, -0.15) is 0 Å². The molecule has 0 radical (unpaired) electrons. The molecule has 0 aliphatic carbocycles. The van der Waals surface area contributed by atoms with Gasteiger partial charge in [-0.3, -0.25) is 9.59 Å². The molecule has 1 saturated heterocycles. The van der Waals surface area contributed by atoms with Crippen molar-refractivity contribution in [3.63, 3.8) is 0 Å². The molecule has 0 saturated carbocycles. The van der Waals surface area contributed by atoms with Crippen molar-refractivity contribution < 1.29 is 14.3 Å². The van der Waals surface area contributed by atoms with Gasteiger partial charge in [-0.15, -0.1) is 18.3 Å². The SMILES string of the molecule is C=CCSC1C(CC)C(=O)N1CC(=O)OC. The van der Waals surface area contributed by atoms with E-state index >= 15 is 0 Å². The quantitative estimate of drug-likeness (QED) is 0.400. The lowest BCUT2D eigenvalue weighted by Gasteiger charge is -2.45. The van der Waals surface area contributed by atoms with Crippen LogP contribution in [-0.2, 0) is 14.3 Å². The highest BCUT2D eigenvalue weighted by Gasteiger charge is 2.46. The van der Waals surface area contributed by atoms with Crippen LogP contribution >= 0.6 is 11.8 Å². The second-order valence-electron chi connectivity index (χ2n) is 3.57. The first-order valence-corrected chi connectivity index (χ1v) is 6.30. The van der Waals surface area contributed by atoms with Gasteiger partial charge in [0.1, 0.15) is 6.54 Å². The average Bonchev–Trinajstić information content (AvgIpc) is 2.30. The number of β-lactam (4-membered cyclic amide) rings is 1. The van der Waals surface area contributed by atoms with Gasteiger partial charge in [0.25, 0.3) is 0 Å². The lowest BCUT2D eigenvalue weighted by molar-refractivity contribution is -0.158. The molecule has 0 bridgehead atoms. The molecule has 1 fully saturated rings. The summed E-state index contributed by atoms with van der Waals surface area (Å²) in [7, 11) is 1.33. The van der Waals surface area contributed by atoms with Crippen molar-refractivity contribution >= 4 is 23.6 Å². The Balaban J connectivity index is 2.56. The van der Waals surface area contributed by atoms with Crippen molar-refractivity contribution in [1.82, 2.24) is 4.90 Å². The number of rotatable bonds is 6. The minimum Gasteiger partial charge on any atom is -0.468 e. The van der Waals surface area contributed by atoms with E-state index in [1.54, 1.807) is 22.7 Å². The average molecular weight is 243 g/mol. The van der Waals surface area contributed by atoms with E-state index in [1.165, 1.54) is 7.11 Å². The normalized spacial score (nSPS) is 23.9. The molecule has 90 valence electrons. The summed E-state index contributed by atoms with van der Waals surface area (Å²) >= 11 is 1.64. The smallest absolute Gasteiger partial charge is 0.325 e. The number of ether oxygens (including phenoxy) is 1. The van der Waals surface area contributed by atoms with Crippen LogP contribution in [0.2, 0.25) is 0 Å². The number of nitrogens with zero attached hydrogens (tertiary/aromatic N) is 1. The molecule has 0 aromatic rings. The molecule has 1 aliphatic heterocycles. The summed E-state index contributed by atoms with van der Waals surface area (Å²) in [5.74, 6) is 0.503. The highest BCUT2D eigenvalue weighted by Crippen LogP contribution is 2.36. The fraction of sp³-hybridized carbons (Fsp3) is 0.636. The van der Waals surface area contributed by atoms with Crippen molar-refractivity contribution in [3.8, 4) is 0 Å². The molecule has 1 amide bonds. The second-order valence-corrected chi connectivity index (χ2v) is 4.72. The maximum atomic E-state index is 11.7. The third kappa shape index (κ3) is 2.58. The van der Waals surface area contributed by atoms with Gasteiger partial charge >= 0.3 is 5.97 Å². The Morgan fingerprint density at radius 3 is 2.88 bits per heavy atom. The van der Waals surface area contributed by atoms with Crippen molar-refractivity contribution in [2.75, 3.05) is 19.4 Å². The monoisotopic (exact) mass is 243 g/mol. The number of likely N-dealkylation sites (tertiary alicyclic amines) is 1. The summed E-state index contributed by atoms with van der Waals surface area (Å²) < 4.78 is 4.56. The molecule has 0 aromatic carbocycles. The van der Waals surface area contributed by atoms with Gasteiger partial charge < -0.3 is 9.64 Å². The van der Waals surface area contributed by atoms with Crippen LogP contribution in [0.25, 0.3) is 0 Å². The number of thioether (sulfide) groups is 1. The summed E-state index contributed by atoms with van der Waals surface area (Å²) in [6.07, 6.45) is 2.61. The largest absolute Gasteiger partial charge is 0.468 e. The van der Waals surface area contributed by atoms with Crippen LogP contribution in [0.4, 0.5) is 0 Å². The number of carbonyl (C=O) groups is 2. The number of hydrogen-bond donors (Lipinski definition) is 0. The summed E-state index contributed by atoms with van der Waals surface area (Å²) in [5, 5.41) is 0.0922. The van der Waals surface area contributed by atoms with E-state index in [2.05, 4.69) is 11.3 Å². The lowest BCUT2D eigenvalue weighted by atomic mass is 9.95. The van der Waals surface area contributed by atoms with Crippen molar-refractivity contribution in [3.05, 3.63) is 12.7 Å². The van der Waals surface area contributed by atoms with E-state index in [9.17, 15) is 9.59 Å². The Labute approximate surface area is 100 Å². The Morgan fingerprint density at radius 1 is 1.69 bits per heavy atom. The van der Waals surface area contributed by atoms with Crippen LogP contribution in [0.1, 0.15) is 13.3 Å². The zero-order valence-electron chi connectivity index (χ0n) is 9.64. The van der Waals surface area contributed by atoms with Gasteiger partial charge in [-0.1, -0.05) is 13.0 Å². The number of carbonyl (C=O) groups excluding carboxylic acids is 2. The summed E-state index contributed by atoms with van der Waals surface area (Å²) in [5.41, 5.74) is 0. The van der Waals surface area contributed by atoms with E-state index in [4.69, 9.17) is 0 Å². The van der Waals surface area contributed by atoms with Crippen molar-refractivity contribution in [2.24, 2.45) is 5.92 Å². The highest BCUT2D eigenvalue weighted by molar-refractivity contribution is 8.00. The fourth-order valence-electron chi connectivity index (χ4n) is 1.72. The molecule has 1 aliphatic rings. The van der Waals surface area contributed by atoms with Gasteiger partial charge in [0.15, 0.2) is 0 Å². The van der Waals surface area contributed by atoms with Crippen molar-refractivity contribution in [2.45, 2.75) is 18.7 Å². The molecule has 5 heteroatoms. The van der Waals surface area contributed by atoms with E-state index in [1.807, 2.05) is 6.92 Å². The van der Waals surface area contributed by atoms with Gasteiger partial charge in [0.05, 0.1) is 18.4 Å². The zero-order chi connectivity index (χ0) is 12.1.